The molecule has 2 saturated heterocycles. The zero-order valence-corrected chi connectivity index (χ0v) is 19.0. The van der Waals surface area contributed by atoms with Gasteiger partial charge in [0.15, 0.2) is 18.7 Å². The molecule has 2 aromatic carbocycles. The second kappa shape index (κ2) is 11.1. The minimum atomic E-state index is -1.14. The van der Waals surface area contributed by atoms with Crippen LogP contribution in [-0.2, 0) is 39.9 Å². The van der Waals surface area contributed by atoms with Gasteiger partial charge in [0.25, 0.3) is 0 Å². The van der Waals surface area contributed by atoms with Gasteiger partial charge in [-0.05, 0) is 12.5 Å². The summed E-state index contributed by atoms with van der Waals surface area (Å²) in [5.41, 5.74) is 1.73. The van der Waals surface area contributed by atoms with Crippen molar-refractivity contribution < 1.29 is 38.4 Å². The fourth-order valence-electron chi connectivity index (χ4n) is 4.09. The molecule has 7 atom stereocenters. The Morgan fingerprint density at radius 3 is 2.41 bits per heavy atom. The van der Waals surface area contributed by atoms with Crippen molar-refractivity contribution >= 4 is 11.9 Å². The summed E-state index contributed by atoms with van der Waals surface area (Å²) in [6, 6.07) is 18.1. The highest BCUT2D eigenvalue weighted by Gasteiger charge is 2.52. The number of carboxylic acids is 1. The van der Waals surface area contributed by atoms with E-state index in [9.17, 15) is 14.7 Å². The highest BCUT2D eigenvalue weighted by molar-refractivity contribution is 5.73. The van der Waals surface area contributed by atoms with Crippen LogP contribution < -0.4 is 5.32 Å². The number of hydrogen-bond acceptors (Lipinski definition) is 7. The molecule has 0 aliphatic carbocycles. The number of amides is 1. The molecule has 2 aliphatic heterocycles. The van der Waals surface area contributed by atoms with Crippen molar-refractivity contribution in [1.29, 1.82) is 0 Å². The Morgan fingerprint density at radius 2 is 1.76 bits per heavy atom. The van der Waals surface area contributed by atoms with Gasteiger partial charge in [0.2, 0.25) is 5.91 Å². The number of fused-ring (bicyclic) bond motifs is 1. The maximum Gasteiger partial charge on any atom is 0.332 e. The number of aliphatic carboxylic acids is 1. The summed E-state index contributed by atoms with van der Waals surface area (Å²) >= 11 is 0. The van der Waals surface area contributed by atoms with E-state index in [0.29, 0.717) is 0 Å². The van der Waals surface area contributed by atoms with Gasteiger partial charge < -0.3 is 34.1 Å². The summed E-state index contributed by atoms with van der Waals surface area (Å²) in [7, 11) is 0. The van der Waals surface area contributed by atoms with Crippen molar-refractivity contribution in [3.63, 3.8) is 0 Å². The number of nitrogens with one attached hydrogen (secondary N) is 1. The van der Waals surface area contributed by atoms with Crippen molar-refractivity contribution in [2.75, 3.05) is 6.61 Å². The van der Waals surface area contributed by atoms with Crippen LogP contribution in [0.15, 0.2) is 60.7 Å². The van der Waals surface area contributed by atoms with Crippen molar-refractivity contribution in [3.05, 3.63) is 71.8 Å². The van der Waals surface area contributed by atoms with Gasteiger partial charge in [0, 0.05) is 12.5 Å². The van der Waals surface area contributed by atoms with Gasteiger partial charge in [-0.25, -0.2) is 4.79 Å². The third kappa shape index (κ3) is 5.81. The zero-order chi connectivity index (χ0) is 24.1. The average molecular weight is 472 g/mol. The van der Waals surface area contributed by atoms with Crippen molar-refractivity contribution in [2.45, 2.75) is 63.5 Å². The molecule has 9 nitrogen and oxygen atoms in total. The molecule has 34 heavy (non-hydrogen) atoms. The van der Waals surface area contributed by atoms with E-state index >= 15 is 0 Å². The predicted molar refractivity (Wildman–Crippen MR) is 119 cm³/mol. The number of carbonyl (C=O) groups is 2. The SMILES string of the molecule is CC(=O)N[C@H]1[C@H](OCc2ccccc2)O[C@@H]2COC(c3ccccc3)O[C@H]2[C@@H]1OC(C)C(=O)O. The van der Waals surface area contributed by atoms with Crippen molar-refractivity contribution in [1.82, 2.24) is 5.32 Å². The molecular formula is C25H29NO8. The van der Waals surface area contributed by atoms with Crippen LogP contribution in [-0.4, -0.2) is 60.3 Å². The number of carbonyl (C=O) groups excluding carboxylic acids is 1. The molecule has 9 heteroatoms. The second-order valence-electron chi connectivity index (χ2n) is 8.32. The highest BCUT2D eigenvalue weighted by Crippen LogP contribution is 2.36. The van der Waals surface area contributed by atoms with E-state index in [1.165, 1.54) is 13.8 Å². The smallest absolute Gasteiger partial charge is 0.332 e. The topological polar surface area (TPSA) is 113 Å². The monoisotopic (exact) mass is 471 g/mol. The fraction of sp³-hybridized carbons (Fsp3) is 0.440. The van der Waals surface area contributed by atoms with Crippen LogP contribution >= 0.6 is 0 Å². The zero-order valence-electron chi connectivity index (χ0n) is 19.0. The van der Waals surface area contributed by atoms with Crippen LogP contribution in [0.25, 0.3) is 0 Å². The molecule has 182 valence electrons. The van der Waals surface area contributed by atoms with E-state index in [1.807, 2.05) is 60.7 Å². The van der Waals surface area contributed by atoms with Crippen LogP contribution in [0, 0.1) is 0 Å². The summed E-state index contributed by atoms with van der Waals surface area (Å²) in [5.74, 6) is -1.46. The highest BCUT2D eigenvalue weighted by atomic mass is 16.8. The van der Waals surface area contributed by atoms with Crippen LogP contribution in [0.5, 0.6) is 0 Å². The van der Waals surface area contributed by atoms with Crippen LogP contribution in [0.3, 0.4) is 0 Å². The molecule has 0 saturated carbocycles. The van der Waals surface area contributed by atoms with Crippen LogP contribution in [0.4, 0.5) is 0 Å². The van der Waals surface area contributed by atoms with Gasteiger partial charge in [-0.15, -0.1) is 0 Å². The molecule has 4 rings (SSSR count). The number of ether oxygens (including phenoxy) is 5. The first kappa shape index (κ1) is 24.3. The van der Waals surface area contributed by atoms with Crippen molar-refractivity contribution in [3.8, 4) is 0 Å². The Bertz CT molecular complexity index is 956. The summed E-state index contributed by atoms with van der Waals surface area (Å²) in [4.78, 5) is 23.7. The lowest BCUT2D eigenvalue weighted by atomic mass is 9.95. The van der Waals surface area contributed by atoms with Crippen LogP contribution in [0.1, 0.15) is 31.3 Å². The first-order chi connectivity index (χ1) is 16.4. The standard InChI is InChI=1S/C25H29NO8/c1-15(23(28)29)32-22-20(26-16(2)27)25(30-13-17-9-5-3-6-10-17)33-19-14-31-24(34-21(19)22)18-11-7-4-8-12-18/h3-12,15,19-22,24-25H,13-14H2,1-2H3,(H,26,27)(H,28,29)/t15?,19-,20-,21-,22-,24?,25-/m1/s1. The third-order valence-corrected chi connectivity index (χ3v) is 5.75. The summed E-state index contributed by atoms with van der Waals surface area (Å²) < 4.78 is 30.3. The first-order valence-electron chi connectivity index (χ1n) is 11.2. The van der Waals surface area contributed by atoms with Gasteiger partial charge in [0.05, 0.1) is 13.2 Å². The van der Waals surface area contributed by atoms with Gasteiger partial charge in [-0.2, -0.15) is 0 Å². The normalized spacial score (nSPS) is 29.6. The molecule has 2 heterocycles. The Kier molecular flexibility index (Phi) is 7.91. The van der Waals surface area contributed by atoms with Crippen LogP contribution in [0.2, 0.25) is 0 Å². The maximum atomic E-state index is 12.1. The lowest BCUT2D eigenvalue weighted by Gasteiger charge is -2.49. The molecule has 2 aliphatic rings. The molecule has 0 spiro atoms. The number of benzene rings is 2. The molecule has 2 unspecified atom stereocenters. The molecule has 0 radical (unpaired) electrons. The van der Waals surface area contributed by atoms with Crippen molar-refractivity contribution in [2.24, 2.45) is 0 Å². The molecular weight excluding hydrogens is 442 g/mol. The first-order valence-corrected chi connectivity index (χ1v) is 11.2. The van der Waals surface area contributed by atoms with E-state index < -0.39 is 49.0 Å². The summed E-state index contributed by atoms with van der Waals surface area (Å²) in [6.07, 6.45) is -4.87. The number of hydrogen-bond donors (Lipinski definition) is 2. The molecule has 0 bridgehead atoms. The minimum absolute atomic E-state index is 0.184. The molecule has 2 fully saturated rings. The molecule has 2 N–H and O–H groups in total. The fourth-order valence-corrected chi connectivity index (χ4v) is 4.09. The van der Waals surface area contributed by atoms with E-state index in [4.69, 9.17) is 23.7 Å². The summed E-state index contributed by atoms with van der Waals surface area (Å²) in [5, 5.41) is 12.3. The van der Waals surface area contributed by atoms with Gasteiger partial charge in [0.1, 0.15) is 24.4 Å². The van der Waals surface area contributed by atoms with Gasteiger partial charge >= 0.3 is 5.97 Å². The Hall–Kier alpha value is -2.82. The van der Waals surface area contributed by atoms with E-state index in [-0.39, 0.29) is 19.1 Å². The lowest BCUT2D eigenvalue weighted by Crippen LogP contribution is -2.67. The van der Waals surface area contributed by atoms with Gasteiger partial charge in [-0.1, -0.05) is 60.7 Å². The number of rotatable bonds is 8. The Balaban J connectivity index is 1.59. The lowest BCUT2D eigenvalue weighted by molar-refractivity contribution is -0.351. The molecule has 1 amide bonds. The van der Waals surface area contributed by atoms with E-state index in [2.05, 4.69) is 5.32 Å². The Labute approximate surface area is 197 Å². The minimum Gasteiger partial charge on any atom is -0.479 e. The maximum absolute atomic E-state index is 12.1. The largest absolute Gasteiger partial charge is 0.479 e. The third-order valence-electron chi connectivity index (χ3n) is 5.75. The van der Waals surface area contributed by atoms with E-state index in [1.54, 1.807) is 0 Å². The number of carboxylic acid groups (broad SMARTS) is 1. The average Bonchev–Trinajstić information content (AvgIpc) is 2.84. The van der Waals surface area contributed by atoms with E-state index in [0.717, 1.165) is 11.1 Å². The predicted octanol–water partition coefficient (Wildman–Crippen LogP) is 2.41. The second-order valence-corrected chi connectivity index (χ2v) is 8.32. The quantitative estimate of drug-likeness (QED) is 0.604. The van der Waals surface area contributed by atoms with Gasteiger partial charge in [-0.3, -0.25) is 4.79 Å². The summed E-state index contributed by atoms with van der Waals surface area (Å²) in [6.45, 7) is 3.22. The molecule has 2 aromatic rings. The molecule has 0 aromatic heterocycles. The Morgan fingerprint density at radius 1 is 1.09 bits per heavy atom.